The number of nitrogens with two attached hydrogens (primary N) is 1. The lowest BCUT2D eigenvalue weighted by Crippen LogP contribution is -2.76. The molecule has 6 heteroatoms. The molecule has 0 unspecified atom stereocenters. The van der Waals surface area contributed by atoms with Crippen LogP contribution in [0.1, 0.15) is 13.8 Å². The predicted molar refractivity (Wildman–Crippen MR) is 69.9 cm³/mol. The number of ether oxygens (including phenoxy) is 1. The summed E-state index contributed by atoms with van der Waals surface area (Å²) < 4.78 is 6.89. The summed E-state index contributed by atoms with van der Waals surface area (Å²) in [7, 11) is 0. The van der Waals surface area contributed by atoms with Gasteiger partial charge in [-0.05, 0) is 13.8 Å². The molecule has 0 saturated carbocycles. The van der Waals surface area contributed by atoms with Gasteiger partial charge in [0.25, 0.3) is 5.91 Å². The summed E-state index contributed by atoms with van der Waals surface area (Å²) in [6, 6.07) is 0. The minimum Gasteiger partial charge on any atom is -0.459 e. The van der Waals surface area contributed by atoms with Crippen molar-refractivity contribution < 1.29 is 23.3 Å². The maximum absolute atomic E-state index is 11.8. The summed E-state index contributed by atoms with van der Waals surface area (Å²) >= 11 is 0. The molecule has 3 aliphatic heterocycles. The second-order valence-corrected chi connectivity index (χ2v) is 6.35. The van der Waals surface area contributed by atoms with E-state index in [1.165, 1.54) is 0 Å². The molecule has 0 spiro atoms. The van der Waals surface area contributed by atoms with E-state index in [1.807, 2.05) is 13.8 Å². The van der Waals surface area contributed by atoms with E-state index < -0.39 is 0 Å². The summed E-state index contributed by atoms with van der Waals surface area (Å²) in [6.45, 7) is 10.3. The van der Waals surface area contributed by atoms with Crippen LogP contribution in [-0.4, -0.2) is 79.3 Å². The first kappa shape index (κ1) is 14.3. The Bertz CT molecular complexity index is 357. The maximum Gasteiger partial charge on any atom is 0.362 e. The minimum absolute atomic E-state index is 0.0509. The number of esters is 1. The zero-order valence-corrected chi connectivity index (χ0v) is 11.9. The molecule has 0 aromatic heterocycles. The molecule has 3 aliphatic rings. The van der Waals surface area contributed by atoms with Crippen LogP contribution in [0, 0.1) is 0 Å². The first-order valence-corrected chi connectivity index (χ1v) is 7.03. The Balaban J connectivity index is 1.93. The largest absolute Gasteiger partial charge is 0.459 e. The standard InChI is InChI=1S/C13H24N3O3/c1-11(2)19-13(18)10-16-6-3-15(4-7-16,5-8-16)9-12(14)17/h11H,3-10H2,1-2H3,(H-,14,17)/q+1/p+1. The van der Waals surface area contributed by atoms with Gasteiger partial charge < -0.3 is 19.4 Å². The average molecular weight is 271 g/mol. The van der Waals surface area contributed by atoms with Crippen molar-refractivity contribution in [1.29, 1.82) is 0 Å². The number of carbonyl (C=O) groups excluding carboxylic acids is 2. The number of hydrogen-bond donors (Lipinski definition) is 1. The molecule has 3 rings (SSSR count). The van der Waals surface area contributed by atoms with Gasteiger partial charge in [0.2, 0.25) is 0 Å². The van der Waals surface area contributed by atoms with Crippen molar-refractivity contribution in [3.05, 3.63) is 0 Å². The molecule has 0 radical (unpaired) electrons. The van der Waals surface area contributed by atoms with Crippen molar-refractivity contribution in [2.24, 2.45) is 5.73 Å². The van der Waals surface area contributed by atoms with Crippen LogP contribution < -0.4 is 5.73 Å². The molecule has 3 heterocycles. The summed E-state index contributed by atoms with van der Waals surface area (Å²) in [4.78, 5) is 23.0. The molecule has 3 fully saturated rings. The van der Waals surface area contributed by atoms with Gasteiger partial charge in [-0.25, -0.2) is 4.79 Å². The van der Waals surface area contributed by atoms with Gasteiger partial charge in [0, 0.05) is 0 Å². The Hall–Kier alpha value is -1.14. The summed E-state index contributed by atoms with van der Waals surface area (Å²) in [5.41, 5.74) is 5.34. The fourth-order valence-corrected chi connectivity index (χ4v) is 3.32. The van der Waals surface area contributed by atoms with E-state index >= 15 is 0 Å². The number of primary amides is 1. The van der Waals surface area contributed by atoms with Crippen molar-refractivity contribution in [3.8, 4) is 0 Å². The van der Waals surface area contributed by atoms with E-state index in [2.05, 4.69) is 0 Å². The number of nitrogens with zero attached hydrogens (tertiary/aromatic N) is 2. The fraction of sp³-hybridized carbons (Fsp3) is 0.846. The van der Waals surface area contributed by atoms with Crippen LogP contribution in [0.2, 0.25) is 0 Å². The topological polar surface area (TPSA) is 69.4 Å². The second-order valence-electron chi connectivity index (χ2n) is 6.35. The van der Waals surface area contributed by atoms with Crippen LogP contribution in [-0.2, 0) is 14.3 Å². The lowest BCUT2D eigenvalue weighted by molar-refractivity contribution is -1.07. The molecule has 2 bridgehead atoms. The van der Waals surface area contributed by atoms with Crippen LogP contribution in [0.3, 0.4) is 0 Å². The highest BCUT2D eigenvalue weighted by molar-refractivity contribution is 5.75. The smallest absolute Gasteiger partial charge is 0.362 e. The van der Waals surface area contributed by atoms with Crippen molar-refractivity contribution >= 4 is 11.9 Å². The SMILES string of the molecule is CC(C)OC(=O)C[N+]12CC[N+](CC(N)=O)(CC1)CC2. The van der Waals surface area contributed by atoms with Crippen molar-refractivity contribution in [2.75, 3.05) is 52.4 Å². The van der Waals surface area contributed by atoms with Gasteiger partial charge in [0.1, 0.15) is 39.3 Å². The van der Waals surface area contributed by atoms with Crippen LogP contribution in [0.5, 0.6) is 0 Å². The summed E-state index contributed by atoms with van der Waals surface area (Å²) in [5, 5.41) is 0. The van der Waals surface area contributed by atoms with Gasteiger partial charge in [-0.2, -0.15) is 0 Å². The number of quaternary nitrogens is 2. The van der Waals surface area contributed by atoms with Crippen molar-refractivity contribution in [2.45, 2.75) is 20.0 Å². The van der Waals surface area contributed by atoms with Crippen LogP contribution in [0.4, 0.5) is 0 Å². The molecule has 0 aliphatic carbocycles. The Kier molecular flexibility index (Phi) is 3.82. The number of rotatable bonds is 5. The number of piperazine rings is 3. The Labute approximate surface area is 114 Å². The molecule has 0 aromatic carbocycles. The van der Waals surface area contributed by atoms with Gasteiger partial charge in [-0.3, -0.25) is 4.79 Å². The van der Waals surface area contributed by atoms with Crippen molar-refractivity contribution in [1.82, 2.24) is 0 Å². The van der Waals surface area contributed by atoms with Crippen LogP contribution >= 0.6 is 0 Å². The van der Waals surface area contributed by atoms with E-state index in [-0.39, 0.29) is 18.0 Å². The molecule has 19 heavy (non-hydrogen) atoms. The number of amides is 1. The minimum atomic E-state index is -0.221. The van der Waals surface area contributed by atoms with Gasteiger partial charge in [-0.1, -0.05) is 0 Å². The monoisotopic (exact) mass is 271 g/mol. The lowest BCUT2D eigenvalue weighted by atomic mass is 10.1. The van der Waals surface area contributed by atoms with Gasteiger partial charge in [-0.15, -0.1) is 0 Å². The van der Waals surface area contributed by atoms with E-state index in [9.17, 15) is 9.59 Å². The second kappa shape index (κ2) is 5.09. The quantitative estimate of drug-likeness (QED) is 0.519. The Morgan fingerprint density at radius 3 is 1.79 bits per heavy atom. The first-order chi connectivity index (χ1) is 8.85. The Morgan fingerprint density at radius 2 is 1.42 bits per heavy atom. The molecular weight excluding hydrogens is 246 g/mol. The van der Waals surface area contributed by atoms with E-state index in [4.69, 9.17) is 10.5 Å². The number of fused-ring (bicyclic) bond motifs is 3. The average Bonchev–Trinajstić information content (AvgIpc) is 2.29. The van der Waals surface area contributed by atoms with E-state index in [0.29, 0.717) is 13.1 Å². The zero-order chi connectivity index (χ0) is 14.1. The highest BCUT2D eigenvalue weighted by Gasteiger charge is 2.50. The highest BCUT2D eigenvalue weighted by atomic mass is 16.5. The molecule has 6 nitrogen and oxygen atoms in total. The molecule has 1 amide bonds. The third kappa shape index (κ3) is 3.25. The first-order valence-electron chi connectivity index (χ1n) is 7.03. The van der Waals surface area contributed by atoms with E-state index in [1.54, 1.807) is 0 Å². The summed E-state index contributed by atoms with van der Waals surface area (Å²) in [6.07, 6.45) is -0.0509. The lowest BCUT2D eigenvalue weighted by Gasteiger charge is -2.54. The maximum atomic E-state index is 11.8. The molecular formula is C13H25N3O3+2. The molecule has 3 saturated heterocycles. The molecule has 108 valence electrons. The highest BCUT2D eigenvalue weighted by Crippen LogP contribution is 2.26. The fourth-order valence-electron chi connectivity index (χ4n) is 3.32. The Morgan fingerprint density at radius 1 is 1.00 bits per heavy atom. The molecule has 0 atom stereocenters. The van der Waals surface area contributed by atoms with Gasteiger partial charge in [0.05, 0.1) is 6.10 Å². The predicted octanol–water partition coefficient (Wildman–Crippen LogP) is -0.916. The van der Waals surface area contributed by atoms with Gasteiger partial charge >= 0.3 is 5.97 Å². The zero-order valence-electron chi connectivity index (χ0n) is 11.9. The third-order valence-electron chi connectivity index (χ3n) is 4.47. The van der Waals surface area contributed by atoms with Gasteiger partial charge in [0.15, 0.2) is 13.1 Å². The number of hydrogen-bond acceptors (Lipinski definition) is 3. The molecule has 0 aromatic rings. The summed E-state index contributed by atoms with van der Waals surface area (Å²) in [5.74, 6) is -0.326. The van der Waals surface area contributed by atoms with Crippen molar-refractivity contribution in [3.63, 3.8) is 0 Å². The van der Waals surface area contributed by atoms with E-state index in [0.717, 1.165) is 48.2 Å². The third-order valence-corrected chi connectivity index (χ3v) is 4.47. The molecule has 2 N–H and O–H groups in total. The van der Waals surface area contributed by atoms with Crippen LogP contribution in [0.15, 0.2) is 0 Å². The normalized spacial score (nSPS) is 33.4. The van der Waals surface area contributed by atoms with Crippen LogP contribution in [0.25, 0.3) is 0 Å². The number of carbonyl (C=O) groups is 2.